The van der Waals surface area contributed by atoms with Gasteiger partial charge in [-0.2, -0.15) is 0 Å². The van der Waals surface area contributed by atoms with Gasteiger partial charge in [0.1, 0.15) is 0 Å². The van der Waals surface area contributed by atoms with Gasteiger partial charge in [-0.25, -0.2) is 0 Å². The highest BCUT2D eigenvalue weighted by Gasteiger charge is 2.21. The van der Waals surface area contributed by atoms with Crippen molar-refractivity contribution in [2.75, 3.05) is 11.9 Å². The van der Waals surface area contributed by atoms with E-state index in [-0.39, 0.29) is 0 Å². The average Bonchev–Trinajstić information content (AvgIpc) is 2.25. The molecule has 0 spiro atoms. The Morgan fingerprint density at radius 3 is 2.75 bits per heavy atom. The number of hydrogen-bond acceptors (Lipinski definition) is 1. The van der Waals surface area contributed by atoms with Crippen LogP contribution in [0.3, 0.4) is 0 Å². The fourth-order valence-electron chi connectivity index (χ4n) is 2.46. The van der Waals surface area contributed by atoms with Crippen LogP contribution >= 0.6 is 0 Å². The van der Waals surface area contributed by atoms with Crippen molar-refractivity contribution in [1.29, 1.82) is 0 Å². The molecule has 1 heterocycles. The number of rotatable bonds is 2. The van der Waals surface area contributed by atoms with Gasteiger partial charge in [0.2, 0.25) is 0 Å². The number of nitrogens with one attached hydrogen (secondary N) is 1. The van der Waals surface area contributed by atoms with Crippen LogP contribution in [0.2, 0.25) is 0 Å². The monoisotopic (exact) mass is 217 g/mol. The summed E-state index contributed by atoms with van der Waals surface area (Å²) in [5.41, 5.74) is 3.34. The Kier molecular flexibility index (Phi) is 3.22. The van der Waals surface area contributed by atoms with Gasteiger partial charge in [0.05, 0.1) is 0 Å². The van der Waals surface area contributed by atoms with Crippen LogP contribution < -0.4 is 5.32 Å². The third-order valence-corrected chi connectivity index (χ3v) is 3.45. The van der Waals surface area contributed by atoms with E-state index in [1.54, 1.807) is 0 Å². The number of hydrogen-bond donors (Lipinski definition) is 1. The second-order valence-corrected chi connectivity index (χ2v) is 6.10. The Bertz CT molecular complexity index is 349. The largest absolute Gasteiger partial charge is 0.385 e. The Balaban J connectivity index is 2.07. The normalized spacial score (nSPS) is 20.1. The molecule has 1 heteroatoms. The molecule has 1 aliphatic rings. The van der Waals surface area contributed by atoms with Crippen molar-refractivity contribution in [3.8, 4) is 0 Å². The van der Waals surface area contributed by atoms with Crippen molar-refractivity contribution in [1.82, 2.24) is 0 Å². The molecule has 0 saturated carbocycles. The van der Waals surface area contributed by atoms with E-state index < -0.39 is 0 Å². The minimum absolute atomic E-state index is 0.458. The third-order valence-electron chi connectivity index (χ3n) is 3.45. The van der Waals surface area contributed by atoms with Crippen LogP contribution in [0.15, 0.2) is 24.3 Å². The van der Waals surface area contributed by atoms with E-state index in [0.717, 1.165) is 12.5 Å². The van der Waals surface area contributed by atoms with Crippen LogP contribution in [0.5, 0.6) is 0 Å². The van der Waals surface area contributed by atoms with Gasteiger partial charge in [-0.15, -0.1) is 0 Å². The van der Waals surface area contributed by atoms with Crippen molar-refractivity contribution in [3.63, 3.8) is 0 Å². The fourth-order valence-corrected chi connectivity index (χ4v) is 2.46. The Hall–Kier alpha value is -0.980. The maximum absolute atomic E-state index is 3.49. The summed E-state index contributed by atoms with van der Waals surface area (Å²) < 4.78 is 0. The smallest absolute Gasteiger partial charge is 0.0375 e. The van der Waals surface area contributed by atoms with Gasteiger partial charge < -0.3 is 5.32 Å². The molecule has 2 rings (SSSR count). The minimum Gasteiger partial charge on any atom is -0.385 e. The molecule has 1 N–H and O–H groups in total. The number of anilines is 1. The first-order valence-corrected chi connectivity index (χ1v) is 6.39. The second-order valence-electron chi connectivity index (χ2n) is 6.10. The van der Waals surface area contributed by atoms with Crippen molar-refractivity contribution < 1.29 is 0 Å². The Morgan fingerprint density at radius 1 is 1.25 bits per heavy atom. The van der Waals surface area contributed by atoms with Gasteiger partial charge in [0.25, 0.3) is 0 Å². The van der Waals surface area contributed by atoms with Crippen molar-refractivity contribution >= 4 is 5.69 Å². The molecule has 1 aromatic carbocycles. The molecule has 0 saturated heterocycles. The van der Waals surface area contributed by atoms with Gasteiger partial charge in [-0.3, -0.25) is 0 Å². The minimum atomic E-state index is 0.458. The molecule has 16 heavy (non-hydrogen) atoms. The van der Waals surface area contributed by atoms with Crippen LogP contribution in [0.4, 0.5) is 5.69 Å². The predicted octanol–water partition coefficient (Wildman–Crippen LogP) is 4.41. The highest BCUT2D eigenvalue weighted by atomic mass is 14.9. The zero-order chi connectivity index (χ0) is 11.6. The van der Waals surface area contributed by atoms with E-state index in [9.17, 15) is 0 Å². The van der Waals surface area contributed by atoms with Gasteiger partial charge in [-0.1, -0.05) is 39.0 Å². The topological polar surface area (TPSA) is 12.0 Å². The van der Waals surface area contributed by atoms with E-state index >= 15 is 0 Å². The van der Waals surface area contributed by atoms with Crippen LogP contribution in [0.25, 0.3) is 0 Å². The summed E-state index contributed by atoms with van der Waals surface area (Å²) in [6.07, 6.45) is 3.92. The first kappa shape index (κ1) is 11.5. The van der Waals surface area contributed by atoms with Crippen LogP contribution in [-0.4, -0.2) is 6.54 Å². The molecule has 0 amide bonds. The SMILES string of the molecule is CC(C)(C)CCC1CCNc2ccccc21. The first-order valence-electron chi connectivity index (χ1n) is 6.39. The van der Waals surface area contributed by atoms with Gasteiger partial charge in [0, 0.05) is 12.2 Å². The molecule has 1 aliphatic heterocycles. The summed E-state index contributed by atoms with van der Waals surface area (Å²) in [4.78, 5) is 0. The lowest BCUT2D eigenvalue weighted by atomic mass is 9.81. The molecular weight excluding hydrogens is 194 g/mol. The molecule has 1 nitrogen and oxygen atoms in total. The molecular formula is C15H23N. The van der Waals surface area contributed by atoms with E-state index in [4.69, 9.17) is 0 Å². The maximum atomic E-state index is 3.49. The lowest BCUT2D eigenvalue weighted by Crippen LogP contribution is -2.18. The van der Waals surface area contributed by atoms with Gasteiger partial charge in [-0.05, 0) is 42.2 Å². The molecule has 0 fully saturated rings. The summed E-state index contributed by atoms with van der Waals surface area (Å²) >= 11 is 0. The van der Waals surface area contributed by atoms with E-state index in [1.165, 1.54) is 30.5 Å². The lowest BCUT2D eigenvalue weighted by Gasteiger charge is -2.29. The summed E-state index contributed by atoms with van der Waals surface area (Å²) in [5.74, 6) is 0.761. The highest BCUT2D eigenvalue weighted by Crippen LogP contribution is 2.36. The van der Waals surface area contributed by atoms with Gasteiger partial charge >= 0.3 is 0 Å². The van der Waals surface area contributed by atoms with E-state index in [2.05, 4.69) is 50.4 Å². The predicted molar refractivity (Wildman–Crippen MR) is 71.0 cm³/mol. The molecule has 0 bridgehead atoms. The zero-order valence-corrected chi connectivity index (χ0v) is 10.7. The zero-order valence-electron chi connectivity index (χ0n) is 10.7. The maximum Gasteiger partial charge on any atom is 0.0375 e. The number of para-hydroxylation sites is 1. The first-order chi connectivity index (χ1) is 7.56. The molecule has 0 aliphatic carbocycles. The van der Waals surface area contributed by atoms with Crippen LogP contribution in [-0.2, 0) is 0 Å². The number of fused-ring (bicyclic) bond motifs is 1. The quantitative estimate of drug-likeness (QED) is 0.773. The van der Waals surface area contributed by atoms with Crippen molar-refractivity contribution in [2.24, 2.45) is 5.41 Å². The summed E-state index contributed by atoms with van der Waals surface area (Å²) in [6.45, 7) is 8.13. The number of benzene rings is 1. The van der Waals surface area contributed by atoms with Crippen molar-refractivity contribution in [3.05, 3.63) is 29.8 Å². The second kappa shape index (κ2) is 4.48. The van der Waals surface area contributed by atoms with Crippen molar-refractivity contribution in [2.45, 2.75) is 46.0 Å². The third kappa shape index (κ3) is 2.78. The van der Waals surface area contributed by atoms with Crippen LogP contribution in [0.1, 0.15) is 51.5 Å². The molecule has 1 aromatic rings. The summed E-state index contributed by atoms with van der Waals surface area (Å²) in [6, 6.07) is 8.78. The van der Waals surface area contributed by atoms with E-state index in [1.807, 2.05) is 0 Å². The Labute approximate surface area is 99.3 Å². The molecule has 1 unspecified atom stereocenters. The lowest BCUT2D eigenvalue weighted by molar-refractivity contribution is 0.344. The summed E-state index contributed by atoms with van der Waals surface area (Å²) in [5, 5.41) is 3.49. The fraction of sp³-hybridized carbons (Fsp3) is 0.600. The van der Waals surface area contributed by atoms with E-state index in [0.29, 0.717) is 5.41 Å². The highest BCUT2D eigenvalue weighted by molar-refractivity contribution is 5.54. The Morgan fingerprint density at radius 2 is 2.00 bits per heavy atom. The molecule has 0 aromatic heterocycles. The standard InChI is InChI=1S/C15H23N/c1-15(2,3)10-8-12-9-11-16-14-7-5-4-6-13(12)14/h4-7,12,16H,8-11H2,1-3H3. The molecule has 88 valence electrons. The van der Waals surface area contributed by atoms with Gasteiger partial charge in [0.15, 0.2) is 0 Å². The van der Waals surface area contributed by atoms with Crippen LogP contribution in [0, 0.1) is 5.41 Å². The summed E-state index contributed by atoms with van der Waals surface area (Å²) in [7, 11) is 0. The molecule has 1 atom stereocenters. The molecule has 0 radical (unpaired) electrons. The average molecular weight is 217 g/mol.